The van der Waals surface area contributed by atoms with E-state index in [0.717, 1.165) is 38.5 Å². The topological polar surface area (TPSA) is 81.2 Å². The van der Waals surface area contributed by atoms with Crippen molar-refractivity contribution >= 4 is 61.5 Å². The van der Waals surface area contributed by atoms with Crippen LogP contribution in [0.2, 0.25) is 0 Å². The minimum atomic E-state index is -0.398. The molecule has 0 fully saturated rings. The van der Waals surface area contributed by atoms with Gasteiger partial charge < -0.3 is 10.1 Å². The number of anilines is 1. The van der Waals surface area contributed by atoms with Gasteiger partial charge in [-0.1, -0.05) is 11.8 Å². The number of esters is 1. The van der Waals surface area contributed by atoms with Crippen LogP contribution in [-0.2, 0) is 22.4 Å². The van der Waals surface area contributed by atoms with E-state index in [0.29, 0.717) is 17.2 Å². The third-order valence-corrected chi connectivity index (χ3v) is 8.49. The number of thiophene rings is 2. The van der Waals surface area contributed by atoms with Crippen LogP contribution >= 0.6 is 34.4 Å². The van der Waals surface area contributed by atoms with Gasteiger partial charge in [-0.05, 0) is 57.6 Å². The molecule has 0 aliphatic heterocycles. The summed E-state index contributed by atoms with van der Waals surface area (Å²) >= 11 is 4.57. The summed E-state index contributed by atoms with van der Waals surface area (Å²) in [7, 11) is 0. The summed E-state index contributed by atoms with van der Waals surface area (Å²) in [6.07, 6.45) is 6.15. The molecule has 3 aromatic rings. The van der Waals surface area contributed by atoms with E-state index >= 15 is 0 Å². The van der Waals surface area contributed by atoms with Crippen LogP contribution in [0.4, 0.5) is 5.00 Å². The predicted molar refractivity (Wildman–Crippen MR) is 123 cm³/mol. The molecule has 0 radical (unpaired) electrons. The number of carbonyl (C=O) groups is 2. The second kappa shape index (κ2) is 9.03. The third kappa shape index (κ3) is 4.10. The van der Waals surface area contributed by atoms with Gasteiger partial charge in [0.1, 0.15) is 21.2 Å². The van der Waals surface area contributed by atoms with Crippen molar-refractivity contribution in [3.8, 4) is 0 Å². The molecule has 158 valence electrons. The number of aryl methyl sites for hydroxylation is 3. The predicted octanol–water partition coefficient (Wildman–Crippen LogP) is 5.16. The highest BCUT2D eigenvalue weighted by Crippen LogP contribution is 2.39. The maximum absolute atomic E-state index is 12.7. The van der Waals surface area contributed by atoms with Crippen molar-refractivity contribution < 1.29 is 14.3 Å². The molecule has 1 N–H and O–H groups in total. The monoisotopic (exact) mass is 461 g/mol. The molecular formula is C21H23N3O3S3. The lowest BCUT2D eigenvalue weighted by Gasteiger charge is -2.11. The largest absolute Gasteiger partial charge is 0.462 e. The second-order valence-corrected chi connectivity index (χ2v) is 10.4. The number of ether oxygens (including phenoxy) is 1. The average molecular weight is 462 g/mol. The van der Waals surface area contributed by atoms with Gasteiger partial charge in [-0.25, -0.2) is 14.8 Å². The lowest BCUT2D eigenvalue weighted by atomic mass is 9.97. The average Bonchev–Trinajstić information content (AvgIpc) is 3.24. The molecule has 30 heavy (non-hydrogen) atoms. The van der Waals surface area contributed by atoms with Crippen molar-refractivity contribution in [3.63, 3.8) is 0 Å². The van der Waals surface area contributed by atoms with Crippen molar-refractivity contribution in [1.29, 1.82) is 0 Å². The highest BCUT2D eigenvalue weighted by atomic mass is 32.2. The Morgan fingerprint density at radius 2 is 2.00 bits per heavy atom. The zero-order chi connectivity index (χ0) is 21.3. The zero-order valence-electron chi connectivity index (χ0n) is 17.2. The Morgan fingerprint density at radius 1 is 1.20 bits per heavy atom. The Kier molecular flexibility index (Phi) is 6.40. The van der Waals surface area contributed by atoms with Crippen LogP contribution in [0.5, 0.6) is 0 Å². The van der Waals surface area contributed by atoms with E-state index in [9.17, 15) is 9.59 Å². The Morgan fingerprint density at radius 3 is 2.80 bits per heavy atom. The maximum Gasteiger partial charge on any atom is 0.341 e. The van der Waals surface area contributed by atoms with Gasteiger partial charge >= 0.3 is 5.97 Å². The molecule has 0 saturated heterocycles. The molecule has 1 aliphatic carbocycles. The number of hydrogen-bond donors (Lipinski definition) is 1. The van der Waals surface area contributed by atoms with Crippen molar-refractivity contribution in [3.05, 3.63) is 32.8 Å². The van der Waals surface area contributed by atoms with Crippen LogP contribution in [-0.4, -0.2) is 34.2 Å². The minimum absolute atomic E-state index is 0.164. The molecule has 0 unspecified atom stereocenters. The molecule has 0 saturated carbocycles. The molecule has 0 atom stereocenters. The molecule has 9 heteroatoms. The Balaban J connectivity index is 1.51. The molecule has 6 nitrogen and oxygen atoms in total. The molecule has 3 heterocycles. The standard InChI is InChI=1S/C21H23N3O3S3/c1-4-27-21(26)16-11(2)12(3)29-20(16)24-15(25)9-28-18-17-13-7-5-6-8-14(13)30-19(17)23-10-22-18/h10H,4-9H2,1-3H3,(H,24,25). The highest BCUT2D eigenvalue weighted by Gasteiger charge is 2.23. The number of hydrogen-bond acceptors (Lipinski definition) is 8. The first-order valence-electron chi connectivity index (χ1n) is 9.94. The number of fused-ring (bicyclic) bond motifs is 3. The fourth-order valence-electron chi connectivity index (χ4n) is 3.63. The molecule has 1 amide bonds. The fraction of sp³-hybridized carbons (Fsp3) is 0.429. The first-order chi connectivity index (χ1) is 14.5. The molecule has 3 aromatic heterocycles. The van der Waals surface area contributed by atoms with Crippen molar-refractivity contribution in [2.24, 2.45) is 0 Å². The van der Waals surface area contributed by atoms with Gasteiger partial charge in [-0.15, -0.1) is 22.7 Å². The fourth-order valence-corrected chi connectivity index (χ4v) is 6.82. The molecule has 0 spiro atoms. The van der Waals surface area contributed by atoms with E-state index in [2.05, 4.69) is 15.3 Å². The molecule has 0 aromatic carbocycles. The summed E-state index contributed by atoms with van der Waals surface area (Å²) in [6, 6.07) is 0. The van der Waals surface area contributed by atoms with Gasteiger partial charge in [0.2, 0.25) is 5.91 Å². The van der Waals surface area contributed by atoms with Gasteiger partial charge in [0.15, 0.2) is 0 Å². The Bertz CT molecular complexity index is 1120. The van der Waals surface area contributed by atoms with E-state index in [4.69, 9.17) is 4.74 Å². The van der Waals surface area contributed by atoms with Gasteiger partial charge in [-0.3, -0.25) is 4.79 Å². The van der Waals surface area contributed by atoms with E-state index in [1.54, 1.807) is 24.6 Å². The van der Waals surface area contributed by atoms with Gasteiger partial charge in [0.05, 0.1) is 17.9 Å². The first-order valence-corrected chi connectivity index (χ1v) is 12.6. The molecule has 1 aliphatic rings. The van der Waals surface area contributed by atoms with E-state index in [1.165, 1.54) is 46.4 Å². The second-order valence-electron chi connectivity index (χ2n) is 7.11. The maximum atomic E-state index is 12.7. The smallest absolute Gasteiger partial charge is 0.341 e. The quantitative estimate of drug-likeness (QED) is 0.310. The van der Waals surface area contributed by atoms with Gasteiger partial charge in [-0.2, -0.15) is 0 Å². The number of rotatable bonds is 6. The highest BCUT2D eigenvalue weighted by molar-refractivity contribution is 8.00. The normalized spacial score (nSPS) is 13.3. The number of thioether (sulfide) groups is 1. The summed E-state index contributed by atoms with van der Waals surface area (Å²) in [5.74, 6) is -0.345. The van der Waals surface area contributed by atoms with Crippen LogP contribution < -0.4 is 5.32 Å². The van der Waals surface area contributed by atoms with Gasteiger partial charge in [0, 0.05) is 15.1 Å². The van der Waals surface area contributed by atoms with Crippen LogP contribution in [0, 0.1) is 13.8 Å². The molecule has 0 bridgehead atoms. The van der Waals surface area contributed by atoms with Crippen LogP contribution in [0.3, 0.4) is 0 Å². The van der Waals surface area contributed by atoms with Gasteiger partial charge in [0.25, 0.3) is 0 Å². The number of carbonyl (C=O) groups excluding carboxylic acids is 2. The number of aromatic nitrogens is 2. The van der Waals surface area contributed by atoms with Crippen molar-refractivity contribution in [2.45, 2.75) is 51.5 Å². The van der Waals surface area contributed by atoms with Crippen LogP contribution in [0.15, 0.2) is 11.4 Å². The van der Waals surface area contributed by atoms with Crippen LogP contribution in [0.25, 0.3) is 10.2 Å². The van der Waals surface area contributed by atoms with E-state index in [-0.39, 0.29) is 11.7 Å². The summed E-state index contributed by atoms with van der Waals surface area (Å²) in [5.41, 5.74) is 2.66. The summed E-state index contributed by atoms with van der Waals surface area (Å²) < 4.78 is 5.16. The van der Waals surface area contributed by atoms with Crippen molar-refractivity contribution in [2.75, 3.05) is 17.7 Å². The van der Waals surface area contributed by atoms with E-state index < -0.39 is 5.97 Å². The first kappa shape index (κ1) is 21.3. The lowest BCUT2D eigenvalue weighted by Crippen LogP contribution is -2.16. The number of amides is 1. The van der Waals surface area contributed by atoms with E-state index in [1.807, 2.05) is 13.8 Å². The number of nitrogens with one attached hydrogen (secondary N) is 1. The third-order valence-electron chi connectivity index (χ3n) is 5.17. The van der Waals surface area contributed by atoms with Crippen LogP contribution in [0.1, 0.15) is 51.0 Å². The lowest BCUT2D eigenvalue weighted by molar-refractivity contribution is -0.113. The zero-order valence-corrected chi connectivity index (χ0v) is 19.6. The molecular weight excluding hydrogens is 438 g/mol. The van der Waals surface area contributed by atoms with Crippen molar-refractivity contribution in [1.82, 2.24) is 9.97 Å². The Hall–Kier alpha value is -1.97. The Labute approximate surface area is 187 Å². The SMILES string of the molecule is CCOC(=O)c1c(NC(=O)CSc2ncnc3sc4c(c23)CCCC4)sc(C)c1C. The molecule has 4 rings (SSSR count). The number of nitrogens with zero attached hydrogens (tertiary/aromatic N) is 2. The summed E-state index contributed by atoms with van der Waals surface area (Å²) in [4.78, 5) is 37.3. The summed E-state index contributed by atoms with van der Waals surface area (Å²) in [5, 5.41) is 5.43. The minimum Gasteiger partial charge on any atom is -0.462 e. The summed E-state index contributed by atoms with van der Waals surface area (Å²) in [6.45, 7) is 5.88.